The van der Waals surface area contributed by atoms with Crippen molar-refractivity contribution < 1.29 is 23.4 Å². The summed E-state index contributed by atoms with van der Waals surface area (Å²) < 4.78 is 32.3. The molecule has 5 rings (SSSR count). The molecular weight excluding hydrogens is 493 g/mol. The number of nitrogens with one attached hydrogen (secondary N) is 1. The van der Waals surface area contributed by atoms with Gasteiger partial charge in [0.05, 0.1) is 12.2 Å². The van der Waals surface area contributed by atoms with Crippen LogP contribution in [0.4, 0.5) is 10.1 Å². The van der Waals surface area contributed by atoms with Gasteiger partial charge in [-0.25, -0.2) is 9.18 Å². The smallest absolute Gasteiger partial charge is 0.338 e. The fourth-order valence-electron chi connectivity index (χ4n) is 4.74. The zero-order valence-electron chi connectivity index (χ0n) is 22.1. The van der Waals surface area contributed by atoms with E-state index in [1.54, 1.807) is 36.4 Å². The van der Waals surface area contributed by atoms with Gasteiger partial charge in [0.15, 0.2) is 6.10 Å². The number of rotatable bonds is 9. The Labute approximate surface area is 228 Å². The average molecular weight is 526 g/mol. The first-order valence-electron chi connectivity index (χ1n) is 13.1. The van der Waals surface area contributed by atoms with Crippen LogP contribution in [0.25, 0.3) is 0 Å². The highest BCUT2D eigenvalue weighted by atomic mass is 19.1. The van der Waals surface area contributed by atoms with Crippen LogP contribution >= 0.6 is 0 Å². The lowest BCUT2D eigenvalue weighted by molar-refractivity contribution is -0.139. The third-order valence-corrected chi connectivity index (χ3v) is 6.83. The Morgan fingerprint density at radius 1 is 0.897 bits per heavy atom. The second-order valence-electron chi connectivity index (χ2n) is 10.2. The van der Waals surface area contributed by atoms with Crippen LogP contribution in [-0.4, -0.2) is 24.3 Å². The zero-order valence-corrected chi connectivity index (χ0v) is 22.1. The molecule has 0 aromatic heterocycles. The van der Waals surface area contributed by atoms with E-state index in [9.17, 15) is 9.18 Å². The minimum Gasteiger partial charge on any atom is -0.483 e. The van der Waals surface area contributed by atoms with Crippen molar-refractivity contribution in [2.45, 2.75) is 44.6 Å². The number of esters is 1. The molecule has 6 heteroatoms. The lowest BCUT2D eigenvalue weighted by atomic mass is 9.87. The molecular formula is C33H32FNO4. The minimum absolute atomic E-state index is 0.265. The molecule has 0 saturated heterocycles. The Balaban J connectivity index is 1.41. The summed E-state index contributed by atoms with van der Waals surface area (Å²) in [5.41, 5.74) is 3.41. The van der Waals surface area contributed by atoms with Gasteiger partial charge in [0.2, 0.25) is 0 Å². The van der Waals surface area contributed by atoms with Gasteiger partial charge in [0.1, 0.15) is 23.3 Å². The Morgan fingerprint density at radius 3 is 2.31 bits per heavy atom. The van der Waals surface area contributed by atoms with E-state index in [1.807, 2.05) is 56.3 Å². The lowest BCUT2D eigenvalue weighted by Gasteiger charge is -2.43. The monoisotopic (exact) mass is 525 g/mol. The highest BCUT2D eigenvalue weighted by Crippen LogP contribution is 2.44. The van der Waals surface area contributed by atoms with E-state index in [2.05, 4.69) is 17.4 Å². The van der Waals surface area contributed by atoms with Crippen LogP contribution in [0.1, 0.15) is 47.0 Å². The Bertz CT molecular complexity index is 1390. The first-order valence-corrected chi connectivity index (χ1v) is 13.1. The van der Waals surface area contributed by atoms with Crippen LogP contribution in [0.5, 0.6) is 5.75 Å². The molecule has 0 saturated carbocycles. The molecule has 2 unspecified atom stereocenters. The summed E-state index contributed by atoms with van der Waals surface area (Å²) in [6.07, 6.45) is -0.524. The van der Waals surface area contributed by atoms with E-state index in [1.165, 1.54) is 12.1 Å². The Morgan fingerprint density at radius 2 is 1.59 bits per heavy atom. The van der Waals surface area contributed by atoms with Crippen molar-refractivity contribution in [3.8, 4) is 5.75 Å². The van der Waals surface area contributed by atoms with Gasteiger partial charge >= 0.3 is 5.97 Å². The largest absolute Gasteiger partial charge is 0.483 e. The predicted octanol–water partition coefficient (Wildman–Crippen LogP) is 7.13. The Hall–Kier alpha value is -4.16. The van der Waals surface area contributed by atoms with Gasteiger partial charge in [-0.15, -0.1) is 0 Å². The first kappa shape index (κ1) is 26.4. The number of hydrogen-bond acceptors (Lipinski definition) is 5. The van der Waals surface area contributed by atoms with E-state index >= 15 is 0 Å². The zero-order chi connectivity index (χ0) is 27.2. The second kappa shape index (κ2) is 11.7. The number of halogens is 1. The van der Waals surface area contributed by atoms with E-state index in [-0.39, 0.29) is 5.82 Å². The van der Waals surface area contributed by atoms with Gasteiger partial charge in [-0.3, -0.25) is 0 Å². The first-order chi connectivity index (χ1) is 18.9. The van der Waals surface area contributed by atoms with Gasteiger partial charge in [0.25, 0.3) is 0 Å². The van der Waals surface area contributed by atoms with Crippen molar-refractivity contribution in [3.05, 3.63) is 131 Å². The molecule has 1 aliphatic heterocycles. The van der Waals surface area contributed by atoms with Gasteiger partial charge < -0.3 is 19.5 Å². The Kier molecular flexibility index (Phi) is 7.94. The quantitative estimate of drug-likeness (QED) is 0.236. The predicted molar refractivity (Wildman–Crippen MR) is 149 cm³/mol. The summed E-state index contributed by atoms with van der Waals surface area (Å²) in [6, 6.07) is 31.3. The van der Waals surface area contributed by atoms with E-state index in [0.717, 1.165) is 28.8 Å². The van der Waals surface area contributed by atoms with Gasteiger partial charge in [-0.1, -0.05) is 60.7 Å². The number of hydrogen-bond donors (Lipinski definition) is 1. The maximum absolute atomic E-state index is 13.3. The molecule has 0 fully saturated rings. The summed E-state index contributed by atoms with van der Waals surface area (Å²) in [5, 5.41) is 3.39. The van der Waals surface area contributed by atoms with E-state index in [0.29, 0.717) is 24.5 Å². The SMILES string of the molecule is CC1(C)Oc2ccc(NCc3ccc(F)cc3)cc2C(OCCc2ccccc2)C1OC(=O)c1ccccc1. The van der Waals surface area contributed by atoms with Crippen molar-refractivity contribution in [1.29, 1.82) is 0 Å². The van der Waals surface area contributed by atoms with Crippen molar-refractivity contribution in [1.82, 2.24) is 0 Å². The van der Waals surface area contributed by atoms with Gasteiger partial charge in [0, 0.05) is 17.8 Å². The van der Waals surface area contributed by atoms with Gasteiger partial charge in [-0.05, 0) is 73.9 Å². The highest BCUT2D eigenvalue weighted by Gasteiger charge is 2.47. The summed E-state index contributed by atoms with van der Waals surface area (Å²) in [7, 11) is 0. The van der Waals surface area contributed by atoms with Crippen LogP contribution in [-0.2, 0) is 22.4 Å². The minimum atomic E-state index is -0.835. The maximum Gasteiger partial charge on any atom is 0.338 e. The summed E-state index contributed by atoms with van der Waals surface area (Å²) in [4.78, 5) is 13.1. The number of anilines is 1. The number of ether oxygens (including phenoxy) is 3. The molecule has 0 radical (unpaired) electrons. The molecule has 0 bridgehead atoms. The number of carbonyl (C=O) groups excluding carboxylic acids is 1. The summed E-state index contributed by atoms with van der Waals surface area (Å²) >= 11 is 0. The lowest BCUT2D eigenvalue weighted by Crippen LogP contribution is -2.51. The molecule has 4 aromatic carbocycles. The van der Waals surface area contributed by atoms with Crippen LogP contribution in [0.3, 0.4) is 0 Å². The highest BCUT2D eigenvalue weighted by molar-refractivity contribution is 5.89. The van der Waals surface area contributed by atoms with Crippen LogP contribution in [0, 0.1) is 5.82 Å². The van der Waals surface area contributed by atoms with Crippen molar-refractivity contribution in [2.24, 2.45) is 0 Å². The van der Waals surface area contributed by atoms with Crippen LogP contribution in [0.2, 0.25) is 0 Å². The van der Waals surface area contributed by atoms with Gasteiger partial charge in [-0.2, -0.15) is 0 Å². The molecule has 1 aliphatic rings. The molecule has 0 spiro atoms. The van der Waals surface area contributed by atoms with E-state index in [4.69, 9.17) is 14.2 Å². The standard InChI is InChI=1S/C33H32FNO4/c1-33(2)31(38-32(36)25-11-7-4-8-12-25)30(37-20-19-23-9-5-3-6-10-23)28-21-27(17-18-29(28)39-33)35-22-24-13-15-26(34)16-14-24/h3-18,21,30-31,35H,19-20,22H2,1-2H3. The molecule has 4 aromatic rings. The molecule has 39 heavy (non-hydrogen) atoms. The molecule has 1 N–H and O–H groups in total. The van der Waals surface area contributed by atoms with Crippen molar-refractivity contribution in [3.63, 3.8) is 0 Å². The van der Waals surface area contributed by atoms with E-state index < -0.39 is 23.8 Å². The summed E-state index contributed by atoms with van der Waals surface area (Å²) in [6.45, 7) is 4.79. The third kappa shape index (κ3) is 6.47. The molecule has 2 atom stereocenters. The fourth-order valence-corrected chi connectivity index (χ4v) is 4.74. The number of carbonyl (C=O) groups is 1. The van der Waals surface area contributed by atoms with Crippen molar-refractivity contribution in [2.75, 3.05) is 11.9 Å². The van der Waals surface area contributed by atoms with Crippen molar-refractivity contribution >= 4 is 11.7 Å². The molecule has 0 amide bonds. The summed E-state index contributed by atoms with van der Waals surface area (Å²) in [5.74, 6) is -0.00842. The number of benzene rings is 4. The topological polar surface area (TPSA) is 56.8 Å². The van der Waals surface area contributed by atoms with Crippen LogP contribution in [0.15, 0.2) is 103 Å². The second-order valence-corrected chi connectivity index (χ2v) is 10.2. The fraction of sp³-hybridized carbons (Fsp3) is 0.242. The van der Waals surface area contributed by atoms with Crippen LogP contribution < -0.4 is 10.1 Å². The molecule has 1 heterocycles. The molecule has 5 nitrogen and oxygen atoms in total. The third-order valence-electron chi connectivity index (χ3n) is 6.83. The maximum atomic E-state index is 13.3. The molecule has 200 valence electrons. The average Bonchev–Trinajstić information content (AvgIpc) is 2.95. The normalized spacial score (nSPS) is 17.5. The number of fused-ring (bicyclic) bond motifs is 1. The molecule has 0 aliphatic carbocycles.